The fourth-order valence-corrected chi connectivity index (χ4v) is 4.66. The van der Waals surface area contributed by atoms with Crippen LogP contribution >= 0.6 is 11.6 Å². The minimum absolute atomic E-state index is 0.105. The van der Waals surface area contributed by atoms with E-state index >= 15 is 0 Å². The van der Waals surface area contributed by atoms with E-state index in [-0.39, 0.29) is 10.8 Å². The smallest absolute Gasteiger partial charge is 0.261 e. The zero-order valence-corrected chi connectivity index (χ0v) is 19.1. The van der Waals surface area contributed by atoms with Crippen LogP contribution in [0.25, 0.3) is 0 Å². The van der Waals surface area contributed by atoms with Gasteiger partial charge < -0.3 is 9.80 Å². The average Bonchev–Trinajstić information content (AvgIpc) is 2.81. The Hall–Kier alpha value is -3.10. The molecule has 9 heteroatoms. The third kappa shape index (κ3) is 5.03. The molecule has 0 saturated carbocycles. The predicted octanol–water partition coefficient (Wildman–Crippen LogP) is 3.81. The lowest BCUT2D eigenvalue weighted by Gasteiger charge is -2.35. The fourth-order valence-electron chi connectivity index (χ4n) is 3.49. The molecule has 4 rings (SSSR count). The molecule has 1 N–H and O–H groups in total. The highest BCUT2D eigenvalue weighted by Gasteiger charge is 2.23. The molecule has 3 aromatic rings. The Bertz CT molecular complexity index is 1190. The Balaban J connectivity index is 1.39. The van der Waals surface area contributed by atoms with Crippen molar-refractivity contribution in [3.05, 3.63) is 83.0 Å². The number of nitrogens with zero attached hydrogens (tertiary/aromatic N) is 3. The Morgan fingerprint density at radius 2 is 1.59 bits per heavy atom. The maximum atomic E-state index is 12.9. The Kier molecular flexibility index (Phi) is 6.34. The summed E-state index contributed by atoms with van der Waals surface area (Å²) in [5, 5.41) is 0.585. The van der Waals surface area contributed by atoms with Gasteiger partial charge in [0.25, 0.3) is 15.9 Å². The van der Waals surface area contributed by atoms with Crippen LogP contribution < -0.4 is 9.62 Å². The van der Waals surface area contributed by atoms with Gasteiger partial charge in [-0.1, -0.05) is 29.3 Å². The van der Waals surface area contributed by atoms with E-state index in [1.165, 1.54) is 12.1 Å². The number of anilines is 2. The van der Waals surface area contributed by atoms with E-state index < -0.39 is 10.0 Å². The number of pyridine rings is 1. The number of aryl methyl sites for hydroxylation is 1. The van der Waals surface area contributed by atoms with Gasteiger partial charge in [0.15, 0.2) is 0 Å². The lowest BCUT2D eigenvalue weighted by Crippen LogP contribution is -2.49. The summed E-state index contributed by atoms with van der Waals surface area (Å²) in [5.41, 5.74) is 1.99. The zero-order chi connectivity index (χ0) is 22.7. The van der Waals surface area contributed by atoms with Crippen LogP contribution in [0.1, 0.15) is 15.9 Å². The quantitative estimate of drug-likeness (QED) is 0.613. The number of aromatic nitrogens is 1. The van der Waals surface area contributed by atoms with Gasteiger partial charge in [0, 0.05) is 43.6 Å². The van der Waals surface area contributed by atoms with Gasteiger partial charge in [0.1, 0.15) is 5.82 Å². The molecule has 1 amide bonds. The first-order valence-corrected chi connectivity index (χ1v) is 12.0. The summed E-state index contributed by atoms with van der Waals surface area (Å²) in [6.45, 7) is 4.36. The topological polar surface area (TPSA) is 82.6 Å². The summed E-state index contributed by atoms with van der Waals surface area (Å²) in [6, 6.07) is 16.8. The van der Waals surface area contributed by atoms with Gasteiger partial charge >= 0.3 is 0 Å². The second kappa shape index (κ2) is 9.18. The molecule has 1 aliphatic heterocycles. The van der Waals surface area contributed by atoms with Crippen LogP contribution in [0.15, 0.2) is 71.8 Å². The first kappa shape index (κ1) is 22.1. The second-order valence-electron chi connectivity index (χ2n) is 7.61. The number of halogens is 1. The van der Waals surface area contributed by atoms with E-state index in [2.05, 4.69) is 14.6 Å². The number of rotatable bonds is 5. The molecule has 1 saturated heterocycles. The van der Waals surface area contributed by atoms with Crippen molar-refractivity contribution in [2.45, 2.75) is 11.8 Å². The van der Waals surface area contributed by atoms with Gasteiger partial charge in [-0.3, -0.25) is 9.52 Å². The van der Waals surface area contributed by atoms with E-state index in [0.717, 1.165) is 11.4 Å². The molecule has 0 bridgehead atoms. The molecule has 0 spiro atoms. The molecule has 166 valence electrons. The van der Waals surface area contributed by atoms with Crippen LogP contribution in [-0.2, 0) is 10.0 Å². The van der Waals surface area contributed by atoms with Crippen molar-refractivity contribution in [1.29, 1.82) is 0 Å². The molecule has 0 atom stereocenters. The number of benzene rings is 2. The molecule has 7 nitrogen and oxygen atoms in total. The van der Waals surface area contributed by atoms with Crippen LogP contribution in [0.3, 0.4) is 0 Å². The summed E-state index contributed by atoms with van der Waals surface area (Å²) in [6.07, 6.45) is 1.61. The third-order valence-electron chi connectivity index (χ3n) is 5.32. The molecular formula is C23H23ClN4O3S. The van der Waals surface area contributed by atoms with Crippen LogP contribution in [-0.4, -0.2) is 50.4 Å². The summed E-state index contributed by atoms with van der Waals surface area (Å²) in [5.74, 6) is 0.710. The van der Waals surface area contributed by atoms with Crippen molar-refractivity contribution in [3.8, 4) is 0 Å². The monoisotopic (exact) mass is 470 g/mol. The summed E-state index contributed by atoms with van der Waals surface area (Å²) >= 11 is 5.89. The Morgan fingerprint density at radius 3 is 2.19 bits per heavy atom. The number of nitrogens with one attached hydrogen (secondary N) is 1. The van der Waals surface area contributed by atoms with Gasteiger partial charge in [-0.2, -0.15) is 0 Å². The minimum atomic E-state index is -3.73. The van der Waals surface area contributed by atoms with Crippen molar-refractivity contribution in [1.82, 2.24) is 9.88 Å². The molecule has 0 radical (unpaired) electrons. The van der Waals surface area contributed by atoms with E-state index in [0.29, 0.717) is 42.5 Å². The first-order valence-electron chi connectivity index (χ1n) is 10.2. The lowest BCUT2D eigenvalue weighted by atomic mass is 10.2. The Labute approximate surface area is 192 Å². The van der Waals surface area contributed by atoms with Crippen LogP contribution in [0.4, 0.5) is 11.5 Å². The molecular weight excluding hydrogens is 448 g/mol. The molecule has 32 heavy (non-hydrogen) atoms. The number of amides is 1. The molecule has 1 aliphatic rings. The molecule has 0 aliphatic carbocycles. The normalized spacial score (nSPS) is 14.3. The summed E-state index contributed by atoms with van der Waals surface area (Å²) in [7, 11) is -3.73. The first-order chi connectivity index (χ1) is 15.3. The zero-order valence-electron chi connectivity index (χ0n) is 17.5. The molecule has 2 aromatic carbocycles. The maximum absolute atomic E-state index is 12.9. The summed E-state index contributed by atoms with van der Waals surface area (Å²) < 4.78 is 27.8. The minimum Gasteiger partial charge on any atom is -0.353 e. The highest BCUT2D eigenvalue weighted by molar-refractivity contribution is 7.92. The summed E-state index contributed by atoms with van der Waals surface area (Å²) in [4.78, 5) is 21.2. The SMILES string of the molecule is Cc1ccc(NS(=O)(=O)c2ccc(C(=O)N3CCN(c4ccc(Cl)cn4)CC3)cc2)cc1. The fraction of sp³-hybridized carbons (Fsp3) is 0.217. The van der Waals surface area contributed by atoms with Gasteiger partial charge in [-0.05, 0) is 55.5 Å². The van der Waals surface area contributed by atoms with E-state index in [1.54, 1.807) is 41.4 Å². The molecule has 0 unspecified atom stereocenters. The molecule has 1 aromatic heterocycles. The van der Waals surface area contributed by atoms with Crippen LogP contribution in [0.2, 0.25) is 5.02 Å². The highest BCUT2D eigenvalue weighted by Crippen LogP contribution is 2.20. The number of hydrogen-bond donors (Lipinski definition) is 1. The lowest BCUT2D eigenvalue weighted by molar-refractivity contribution is 0.0746. The molecule has 1 fully saturated rings. The average molecular weight is 471 g/mol. The van der Waals surface area contributed by atoms with Crippen molar-refractivity contribution in [2.24, 2.45) is 0 Å². The van der Waals surface area contributed by atoms with Crippen LogP contribution in [0.5, 0.6) is 0 Å². The Morgan fingerprint density at radius 1 is 0.938 bits per heavy atom. The highest BCUT2D eigenvalue weighted by atomic mass is 35.5. The van der Waals surface area contributed by atoms with Gasteiger partial charge in [0.05, 0.1) is 9.92 Å². The predicted molar refractivity (Wildman–Crippen MR) is 126 cm³/mol. The van der Waals surface area contributed by atoms with E-state index in [9.17, 15) is 13.2 Å². The van der Waals surface area contributed by atoms with Crippen molar-refractivity contribution in [2.75, 3.05) is 35.8 Å². The standard InChI is InChI=1S/C23H23ClN4O3S/c1-17-2-7-20(8-3-17)26-32(30,31)21-9-4-18(5-10-21)23(29)28-14-12-27(13-15-28)22-11-6-19(24)16-25-22/h2-11,16,26H,12-15H2,1H3. The van der Waals surface area contributed by atoms with Gasteiger partial charge in [-0.25, -0.2) is 13.4 Å². The number of carbonyl (C=O) groups is 1. The van der Waals surface area contributed by atoms with Crippen molar-refractivity contribution in [3.63, 3.8) is 0 Å². The van der Waals surface area contributed by atoms with E-state index in [1.807, 2.05) is 25.1 Å². The number of carbonyl (C=O) groups excluding carboxylic acids is 1. The number of piperazine rings is 1. The van der Waals surface area contributed by atoms with Gasteiger partial charge in [0.2, 0.25) is 0 Å². The maximum Gasteiger partial charge on any atom is 0.261 e. The van der Waals surface area contributed by atoms with Gasteiger partial charge in [-0.15, -0.1) is 0 Å². The molecule has 2 heterocycles. The number of hydrogen-bond acceptors (Lipinski definition) is 5. The van der Waals surface area contributed by atoms with Crippen molar-refractivity contribution < 1.29 is 13.2 Å². The largest absolute Gasteiger partial charge is 0.353 e. The number of sulfonamides is 1. The third-order valence-corrected chi connectivity index (χ3v) is 6.94. The van der Waals surface area contributed by atoms with Crippen molar-refractivity contribution >= 4 is 39.0 Å². The van der Waals surface area contributed by atoms with Crippen LogP contribution in [0, 0.1) is 6.92 Å². The second-order valence-corrected chi connectivity index (χ2v) is 9.73. The van der Waals surface area contributed by atoms with E-state index in [4.69, 9.17) is 11.6 Å².